The summed E-state index contributed by atoms with van der Waals surface area (Å²) >= 11 is 0. The van der Waals surface area contributed by atoms with E-state index in [1.165, 1.54) is 11.1 Å². The summed E-state index contributed by atoms with van der Waals surface area (Å²) in [6.45, 7) is 10.7. The number of methoxy groups -OCH3 is 1. The van der Waals surface area contributed by atoms with Crippen LogP contribution in [0.25, 0.3) is 0 Å². The van der Waals surface area contributed by atoms with Crippen molar-refractivity contribution in [3.05, 3.63) is 59.2 Å². The fourth-order valence-corrected chi connectivity index (χ4v) is 3.78. The van der Waals surface area contributed by atoms with Crippen LogP contribution >= 0.6 is 0 Å². The van der Waals surface area contributed by atoms with Gasteiger partial charge in [-0.3, -0.25) is 4.79 Å². The predicted molar refractivity (Wildman–Crippen MR) is 117 cm³/mol. The van der Waals surface area contributed by atoms with E-state index in [0.29, 0.717) is 6.42 Å². The Morgan fingerprint density at radius 1 is 1.17 bits per heavy atom. The average Bonchev–Trinajstić information content (AvgIpc) is 2.64. The molecule has 0 radical (unpaired) electrons. The van der Waals surface area contributed by atoms with Gasteiger partial charge in [0.2, 0.25) is 5.91 Å². The van der Waals surface area contributed by atoms with E-state index in [1.54, 1.807) is 7.11 Å². The van der Waals surface area contributed by atoms with Gasteiger partial charge in [-0.05, 0) is 48.9 Å². The van der Waals surface area contributed by atoms with Crippen LogP contribution in [0.3, 0.4) is 0 Å². The second-order valence-electron chi connectivity index (χ2n) is 9.54. The molecule has 0 saturated carbocycles. The van der Waals surface area contributed by atoms with Gasteiger partial charge in [0.1, 0.15) is 17.1 Å². The van der Waals surface area contributed by atoms with Gasteiger partial charge in [0, 0.05) is 24.5 Å². The van der Waals surface area contributed by atoms with Crippen molar-refractivity contribution in [3.63, 3.8) is 0 Å². The fraction of sp³-hybridized carbons (Fsp3) is 0.480. The molecular weight excluding hydrogens is 362 g/mol. The quantitative estimate of drug-likeness (QED) is 0.743. The fourth-order valence-electron chi connectivity index (χ4n) is 3.78. The topological polar surface area (TPSA) is 47.6 Å². The molecule has 4 heteroatoms. The van der Waals surface area contributed by atoms with E-state index in [1.807, 2.05) is 32.0 Å². The minimum absolute atomic E-state index is 0.0598. The van der Waals surface area contributed by atoms with E-state index < -0.39 is 0 Å². The van der Waals surface area contributed by atoms with Crippen molar-refractivity contribution in [1.82, 2.24) is 5.32 Å². The molecule has 156 valence electrons. The molecule has 0 saturated heterocycles. The van der Waals surface area contributed by atoms with E-state index >= 15 is 0 Å². The number of hydrogen-bond acceptors (Lipinski definition) is 3. The van der Waals surface area contributed by atoms with Gasteiger partial charge in [0.05, 0.1) is 13.2 Å². The molecule has 0 fully saturated rings. The Kier molecular flexibility index (Phi) is 5.92. The van der Waals surface area contributed by atoms with Crippen LogP contribution in [0.2, 0.25) is 0 Å². The number of amides is 1. The summed E-state index contributed by atoms with van der Waals surface area (Å²) in [6.07, 6.45) is 1.94. The summed E-state index contributed by atoms with van der Waals surface area (Å²) in [7, 11) is 1.64. The van der Waals surface area contributed by atoms with Gasteiger partial charge in [-0.25, -0.2) is 0 Å². The first-order valence-corrected chi connectivity index (χ1v) is 10.3. The zero-order valence-corrected chi connectivity index (χ0v) is 18.5. The summed E-state index contributed by atoms with van der Waals surface area (Å²) in [5.41, 5.74) is 3.29. The molecule has 0 spiro atoms. The first-order valence-electron chi connectivity index (χ1n) is 10.3. The third-order valence-electron chi connectivity index (χ3n) is 5.47. The molecule has 1 heterocycles. The molecule has 1 atom stereocenters. The van der Waals surface area contributed by atoms with Gasteiger partial charge in [0.25, 0.3) is 0 Å². The standard InChI is InChI=1S/C25H33NO3/c1-24(2,3)18-10-7-17(8-11-18)9-14-23(27)26-21-16-25(4,5)29-22-15-19(28-6)12-13-20(21)22/h7-8,10-13,15,21H,9,14,16H2,1-6H3,(H,26,27)/t21-/m0/s1. The number of carbonyl (C=O) groups excluding carboxylic acids is 1. The van der Waals surface area contributed by atoms with E-state index in [4.69, 9.17) is 9.47 Å². The Balaban J connectivity index is 1.65. The van der Waals surface area contributed by atoms with Crippen LogP contribution in [-0.4, -0.2) is 18.6 Å². The summed E-state index contributed by atoms with van der Waals surface area (Å²) in [6, 6.07) is 14.3. The number of carbonyl (C=O) groups is 1. The molecule has 1 N–H and O–H groups in total. The van der Waals surface area contributed by atoms with Crippen molar-refractivity contribution < 1.29 is 14.3 Å². The first-order chi connectivity index (χ1) is 13.6. The Bertz CT molecular complexity index is 863. The lowest BCUT2D eigenvalue weighted by Gasteiger charge is -2.38. The highest BCUT2D eigenvalue weighted by atomic mass is 16.5. The molecule has 1 amide bonds. The van der Waals surface area contributed by atoms with Gasteiger partial charge < -0.3 is 14.8 Å². The number of nitrogens with one attached hydrogen (secondary N) is 1. The Morgan fingerprint density at radius 2 is 1.86 bits per heavy atom. The summed E-state index contributed by atoms with van der Waals surface area (Å²) in [4.78, 5) is 12.7. The molecule has 3 rings (SSSR count). The second-order valence-corrected chi connectivity index (χ2v) is 9.54. The molecule has 4 nitrogen and oxygen atoms in total. The minimum Gasteiger partial charge on any atom is -0.497 e. The number of rotatable bonds is 5. The molecule has 0 aliphatic carbocycles. The normalized spacial score (nSPS) is 17.8. The maximum Gasteiger partial charge on any atom is 0.220 e. The van der Waals surface area contributed by atoms with Crippen LogP contribution in [0, 0.1) is 0 Å². The van der Waals surface area contributed by atoms with Crippen LogP contribution in [-0.2, 0) is 16.6 Å². The van der Waals surface area contributed by atoms with Crippen molar-refractivity contribution in [1.29, 1.82) is 0 Å². The molecule has 0 bridgehead atoms. The Hall–Kier alpha value is -2.49. The van der Waals surface area contributed by atoms with Gasteiger partial charge in [-0.2, -0.15) is 0 Å². The molecule has 2 aromatic rings. The largest absolute Gasteiger partial charge is 0.497 e. The van der Waals surface area contributed by atoms with Crippen LogP contribution in [0.4, 0.5) is 0 Å². The van der Waals surface area contributed by atoms with Crippen LogP contribution < -0.4 is 14.8 Å². The SMILES string of the molecule is COc1ccc2c(c1)OC(C)(C)C[C@@H]2NC(=O)CCc1ccc(C(C)(C)C)cc1. The van der Waals surface area contributed by atoms with E-state index in [9.17, 15) is 4.79 Å². The first kappa shape index (κ1) is 21.2. The second kappa shape index (κ2) is 8.10. The van der Waals surface area contributed by atoms with E-state index in [-0.39, 0.29) is 23.0 Å². The third kappa shape index (κ3) is 5.31. The van der Waals surface area contributed by atoms with Crippen LogP contribution in [0.1, 0.15) is 70.2 Å². The lowest BCUT2D eigenvalue weighted by molar-refractivity contribution is -0.122. The minimum atomic E-state index is -0.347. The molecule has 1 aliphatic rings. The number of benzene rings is 2. The molecule has 29 heavy (non-hydrogen) atoms. The van der Waals surface area contributed by atoms with Gasteiger partial charge in [-0.1, -0.05) is 45.0 Å². The smallest absolute Gasteiger partial charge is 0.220 e. The highest BCUT2D eigenvalue weighted by molar-refractivity contribution is 5.77. The Morgan fingerprint density at radius 3 is 2.48 bits per heavy atom. The predicted octanol–water partition coefficient (Wildman–Crippen LogP) is 5.34. The summed E-state index contributed by atoms with van der Waals surface area (Å²) < 4.78 is 11.4. The Labute approximate surface area is 174 Å². The van der Waals surface area contributed by atoms with Crippen molar-refractivity contribution in [2.24, 2.45) is 0 Å². The lowest BCUT2D eigenvalue weighted by Crippen LogP contribution is -2.41. The number of aryl methyl sites for hydroxylation is 1. The molecule has 2 aromatic carbocycles. The van der Waals surface area contributed by atoms with E-state index in [2.05, 4.69) is 50.4 Å². The zero-order valence-electron chi connectivity index (χ0n) is 18.5. The maximum absolute atomic E-state index is 12.7. The monoisotopic (exact) mass is 395 g/mol. The van der Waals surface area contributed by atoms with Crippen LogP contribution in [0.15, 0.2) is 42.5 Å². The van der Waals surface area contributed by atoms with Crippen molar-refractivity contribution in [2.45, 2.75) is 70.9 Å². The van der Waals surface area contributed by atoms with E-state index in [0.717, 1.165) is 29.9 Å². The number of hydrogen-bond donors (Lipinski definition) is 1. The lowest BCUT2D eigenvalue weighted by atomic mass is 9.86. The van der Waals surface area contributed by atoms with Crippen molar-refractivity contribution in [2.75, 3.05) is 7.11 Å². The number of fused-ring (bicyclic) bond motifs is 1. The maximum atomic E-state index is 12.7. The molecule has 1 aliphatic heterocycles. The highest BCUT2D eigenvalue weighted by Crippen LogP contribution is 2.41. The summed E-state index contributed by atoms with van der Waals surface area (Å²) in [5.74, 6) is 1.60. The summed E-state index contributed by atoms with van der Waals surface area (Å²) in [5, 5.41) is 3.21. The average molecular weight is 396 g/mol. The molecule has 0 aromatic heterocycles. The number of ether oxygens (including phenoxy) is 2. The van der Waals surface area contributed by atoms with Crippen LogP contribution in [0.5, 0.6) is 11.5 Å². The van der Waals surface area contributed by atoms with Crippen molar-refractivity contribution >= 4 is 5.91 Å². The van der Waals surface area contributed by atoms with Gasteiger partial charge in [0.15, 0.2) is 0 Å². The highest BCUT2D eigenvalue weighted by Gasteiger charge is 2.34. The molecular formula is C25H33NO3. The van der Waals surface area contributed by atoms with Gasteiger partial charge in [-0.15, -0.1) is 0 Å². The molecule has 0 unspecified atom stereocenters. The van der Waals surface area contributed by atoms with Crippen molar-refractivity contribution in [3.8, 4) is 11.5 Å². The zero-order chi connectivity index (χ0) is 21.2. The third-order valence-corrected chi connectivity index (χ3v) is 5.47. The van der Waals surface area contributed by atoms with Gasteiger partial charge >= 0.3 is 0 Å².